The summed E-state index contributed by atoms with van der Waals surface area (Å²) in [6.07, 6.45) is 2.58. The number of guanidine groups is 1. The monoisotopic (exact) mass is 375 g/mol. The second-order valence-corrected chi connectivity index (χ2v) is 8.45. The lowest BCUT2D eigenvalue weighted by molar-refractivity contribution is 0.442. The smallest absolute Gasteiger partial charge is 0.214 e. The number of nitrogens with zero attached hydrogens (tertiary/aromatic N) is 4. The van der Waals surface area contributed by atoms with E-state index < -0.39 is 10.0 Å². The number of sulfonamides is 1. The van der Waals surface area contributed by atoms with E-state index in [1.54, 1.807) is 0 Å². The number of aliphatic imine (C=N–C) groups is 1. The van der Waals surface area contributed by atoms with Crippen LogP contribution in [0.5, 0.6) is 0 Å². The maximum atomic E-state index is 11.8. The molecule has 2 rings (SSSR count). The van der Waals surface area contributed by atoms with E-state index in [-0.39, 0.29) is 5.75 Å². The van der Waals surface area contributed by atoms with Crippen LogP contribution in [0.15, 0.2) is 17.3 Å². The molecule has 0 aliphatic carbocycles. The first kappa shape index (κ1) is 19.1. The molecule has 136 valence electrons. The minimum absolute atomic E-state index is 0.255. The van der Waals surface area contributed by atoms with Gasteiger partial charge in [-0.05, 0) is 19.4 Å². The number of hydrogen-bond donors (Lipinski definition) is 1. The Balaban J connectivity index is 1.98. The van der Waals surface area contributed by atoms with Crippen LogP contribution in [-0.4, -0.2) is 67.1 Å². The highest BCUT2D eigenvalue weighted by molar-refractivity contribution is 7.89. The van der Waals surface area contributed by atoms with E-state index in [2.05, 4.69) is 10.3 Å². The van der Waals surface area contributed by atoms with Crippen molar-refractivity contribution < 1.29 is 8.42 Å². The molecule has 0 spiro atoms. The molecule has 1 aliphatic rings. The van der Waals surface area contributed by atoms with Gasteiger partial charge in [-0.1, -0.05) is 11.6 Å². The van der Waals surface area contributed by atoms with Crippen molar-refractivity contribution in [3.05, 3.63) is 23.0 Å². The summed E-state index contributed by atoms with van der Waals surface area (Å²) >= 11 is 6.03. The predicted octanol–water partition coefficient (Wildman–Crippen LogP) is 1.11. The normalized spacial score (nSPS) is 18.1. The summed E-state index contributed by atoms with van der Waals surface area (Å²) in [5, 5.41) is 3.95. The van der Waals surface area contributed by atoms with Crippen LogP contribution in [0, 0.1) is 0 Å². The Morgan fingerprint density at radius 3 is 2.79 bits per heavy atom. The molecule has 1 aromatic heterocycles. The van der Waals surface area contributed by atoms with E-state index in [1.165, 1.54) is 4.31 Å². The lowest BCUT2D eigenvalue weighted by Crippen LogP contribution is -2.39. The quantitative estimate of drug-likeness (QED) is 0.597. The Hall–Kier alpha value is -1.25. The third-order valence-corrected chi connectivity index (χ3v) is 6.15. The van der Waals surface area contributed by atoms with Gasteiger partial charge in [0.1, 0.15) is 0 Å². The van der Waals surface area contributed by atoms with Crippen molar-refractivity contribution in [2.45, 2.75) is 19.9 Å². The molecule has 0 amide bonds. The van der Waals surface area contributed by atoms with E-state index >= 15 is 0 Å². The summed E-state index contributed by atoms with van der Waals surface area (Å²) < 4.78 is 27.1. The average Bonchev–Trinajstić information content (AvgIpc) is 2.99. The third-order valence-electron chi connectivity index (χ3n) is 3.98. The first-order valence-corrected chi connectivity index (χ1v) is 10.1. The molecule has 1 aliphatic heterocycles. The summed E-state index contributed by atoms with van der Waals surface area (Å²) in [4.78, 5) is 6.57. The first-order chi connectivity index (χ1) is 11.3. The van der Waals surface area contributed by atoms with Gasteiger partial charge < -0.3 is 14.8 Å². The molecule has 0 radical (unpaired) electrons. The van der Waals surface area contributed by atoms with Gasteiger partial charge in [0.15, 0.2) is 5.96 Å². The molecule has 0 atom stereocenters. The minimum atomic E-state index is -3.06. The molecule has 1 N–H and O–H groups in total. The zero-order chi connectivity index (χ0) is 17.7. The Bertz CT molecular complexity index is 686. The second kappa shape index (κ2) is 8.22. The van der Waals surface area contributed by atoms with Crippen molar-refractivity contribution in [2.75, 3.05) is 39.0 Å². The number of nitrogens with one attached hydrogen (secondary N) is 1. The summed E-state index contributed by atoms with van der Waals surface area (Å²) in [7, 11) is 0.852. The molecule has 24 heavy (non-hydrogen) atoms. The van der Waals surface area contributed by atoms with Gasteiger partial charge in [-0.15, -0.1) is 0 Å². The van der Waals surface area contributed by atoms with Crippen LogP contribution in [0.4, 0.5) is 0 Å². The summed E-state index contributed by atoms with van der Waals surface area (Å²) in [6.45, 7) is 4.90. The van der Waals surface area contributed by atoms with Gasteiger partial charge in [-0.25, -0.2) is 12.7 Å². The molecule has 9 heteroatoms. The molecule has 0 saturated carbocycles. The van der Waals surface area contributed by atoms with E-state index in [0.717, 1.165) is 18.2 Å². The maximum absolute atomic E-state index is 11.8. The van der Waals surface area contributed by atoms with Crippen molar-refractivity contribution in [2.24, 2.45) is 12.0 Å². The van der Waals surface area contributed by atoms with Gasteiger partial charge in [0.25, 0.3) is 0 Å². The molecule has 2 heterocycles. The Morgan fingerprint density at radius 1 is 1.50 bits per heavy atom. The van der Waals surface area contributed by atoms with Gasteiger partial charge in [0, 0.05) is 45.6 Å². The highest BCUT2D eigenvalue weighted by atomic mass is 35.5. The molecule has 1 aromatic rings. The Kier molecular flexibility index (Phi) is 6.54. The highest BCUT2D eigenvalue weighted by Gasteiger charge is 2.27. The fraction of sp³-hybridized carbons (Fsp3) is 0.667. The van der Waals surface area contributed by atoms with Crippen LogP contribution in [0.25, 0.3) is 0 Å². The number of aromatic nitrogens is 1. The Morgan fingerprint density at radius 2 is 2.25 bits per heavy atom. The zero-order valence-electron chi connectivity index (χ0n) is 14.5. The van der Waals surface area contributed by atoms with E-state index in [4.69, 9.17) is 11.6 Å². The highest BCUT2D eigenvalue weighted by Crippen LogP contribution is 2.14. The van der Waals surface area contributed by atoms with Crippen LogP contribution in [0.2, 0.25) is 5.02 Å². The summed E-state index contributed by atoms with van der Waals surface area (Å²) in [5.41, 5.74) is 1.08. The van der Waals surface area contributed by atoms with Gasteiger partial charge >= 0.3 is 0 Å². The molecular formula is C15H26ClN5O2S. The molecular weight excluding hydrogens is 350 g/mol. The number of hydrogen-bond acceptors (Lipinski definition) is 3. The van der Waals surface area contributed by atoms with E-state index in [0.29, 0.717) is 37.6 Å². The van der Waals surface area contributed by atoms with Gasteiger partial charge in [-0.2, -0.15) is 0 Å². The SMILES string of the molecule is CCNC(=NCCN1CCCS1(=O)=O)N(C)Cc1cc(Cl)cn1C. The topological polar surface area (TPSA) is 69.9 Å². The van der Waals surface area contributed by atoms with Crippen LogP contribution in [0.1, 0.15) is 19.0 Å². The molecule has 1 fully saturated rings. The molecule has 0 bridgehead atoms. The van der Waals surface area contributed by atoms with E-state index in [1.807, 2.05) is 42.7 Å². The van der Waals surface area contributed by atoms with Crippen molar-refractivity contribution >= 4 is 27.6 Å². The average molecular weight is 376 g/mol. The third kappa shape index (κ3) is 4.87. The fourth-order valence-electron chi connectivity index (χ4n) is 2.72. The van der Waals surface area contributed by atoms with Crippen LogP contribution in [-0.2, 0) is 23.6 Å². The number of halogens is 1. The van der Waals surface area contributed by atoms with Crippen molar-refractivity contribution in [3.63, 3.8) is 0 Å². The molecule has 0 aromatic carbocycles. The first-order valence-electron chi connectivity index (χ1n) is 8.11. The predicted molar refractivity (Wildman–Crippen MR) is 97.8 cm³/mol. The van der Waals surface area contributed by atoms with Crippen molar-refractivity contribution in [1.82, 2.24) is 19.1 Å². The standard InChI is InChI=1S/C15H26ClN5O2S/c1-4-17-15(18-6-8-21-7-5-9-24(21,22)23)20(3)12-14-10-13(16)11-19(14)2/h10-11H,4-9,12H2,1-3H3,(H,17,18). The summed E-state index contributed by atoms with van der Waals surface area (Å²) in [6, 6.07) is 1.93. The number of rotatable bonds is 6. The van der Waals surface area contributed by atoms with E-state index in [9.17, 15) is 8.42 Å². The van der Waals surface area contributed by atoms with Crippen LogP contribution >= 0.6 is 11.6 Å². The Labute approximate surface area is 149 Å². The van der Waals surface area contributed by atoms with Crippen molar-refractivity contribution in [1.29, 1.82) is 0 Å². The second-order valence-electron chi connectivity index (χ2n) is 5.92. The summed E-state index contributed by atoms with van der Waals surface area (Å²) in [5.74, 6) is 1.01. The zero-order valence-corrected chi connectivity index (χ0v) is 16.1. The van der Waals surface area contributed by atoms with Gasteiger partial charge in [-0.3, -0.25) is 4.99 Å². The lowest BCUT2D eigenvalue weighted by atomic mass is 10.4. The fourth-order valence-corrected chi connectivity index (χ4v) is 4.51. The van der Waals surface area contributed by atoms with Crippen LogP contribution in [0.3, 0.4) is 0 Å². The van der Waals surface area contributed by atoms with Gasteiger partial charge in [0.05, 0.1) is 23.9 Å². The number of aryl methyl sites for hydroxylation is 1. The maximum Gasteiger partial charge on any atom is 0.214 e. The minimum Gasteiger partial charge on any atom is -0.357 e. The lowest BCUT2D eigenvalue weighted by Gasteiger charge is -2.22. The van der Waals surface area contributed by atoms with Crippen molar-refractivity contribution in [3.8, 4) is 0 Å². The van der Waals surface area contributed by atoms with Crippen LogP contribution < -0.4 is 5.32 Å². The molecule has 1 saturated heterocycles. The molecule has 0 unspecified atom stereocenters. The largest absolute Gasteiger partial charge is 0.357 e. The van der Waals surface area contributed by atoms with Gasteiger partial charge in [0.2, 0.25) is 10.0 Å². The molecule has 7 nitrogen and oxygen atoms in total.